The van der Waals surface area contributed by atoms with Crippen molar-refractivity contribution in [3.8, 4) is 0 Å². The van der Waals surface area contributed by atoms with Gasteiger partial charge in [-0.25, -0.2) is 0 Å². The molecule has 0 fully saturated rings. The smallest absolute Gasteiger partial charge is 0.166 e. The van der Waals surface area contributed by atoms with Gasteiger partial charge in [0.05, 0.1) is 0 Å². The normalized spacial score (nSPS) is 14.2. The number of fused-ring (bicyclic) bond motifs is 1. The van der Waals surface area contributed by atoms with E-state index in [0.29, 0.717) is 34.6 Å². The Labute approximate surface area is 138 Å². The number of hydrogen-bond acceptors (Lipinski definition) is 2. The van der Waals surface area contributed by atoms with Crippen molar-refractivity contribution in [1.29, 1.82) is 0 Å². The molecule has 108 valence electrons. The van der Waals surface area contributed by atoms with Gasteiger partial charge in [0.2, 0.25) is 0 Å². The van der Waals surface area contributed by atoms with Crippen molar-refractivity contribution in [2.75, 3.05) is 11.4 Å². The van der Waals surface area contributed by atoms with Crippen LogP contribution in [0.4, 0.5) is 5.69 Å². The lowest BCUT2D eigenvalue weighted by atomic mass is 10.00. The topological polar surface area (TPSA) is 20.3 Å². The molecule has 0 radical (unpaired) electrons. The van der Waals surface area contributed by atoms with E-state index in [0.717, 1.165) is 16.8 Å². The lowest BCUT2D eigenvalue weighted by Gasteiger charge is -2.31. The van der Waals surface area contributed by atoms with E-state index in [1.165, 1.54) is 0 Å². The first-order chi connectivity index (χ1) is 10.0. The van der Waals surface area contributed by atoms with Gasteiger partial charge < -0.3 is 4.90 Å². The first kappa shape index (κ1) is 14.7. The average Bonchev–Trinajstić information content (AvgIpc) is 2.44. The average molecular weight is 341 g/mol. The molecular formula is C16H12Cl3NO. The fourth-order valence-corrected chi connectivity index (χ4v) is 3.15. The number of anilines is 1. The maximum absolute atomic E-state index is 12.0. The summed E-state index contributed by atoms with van der Waals surface area (Å²) in [6, 6.07) is 10.8. The Kier molecular flexibility index (Phi) is 4.12. The van der Waals surface area contributed by atoms with Crippen molar-refractivity contribution in [2.45, 2.75) is 13.0 Å². The minimum Gasteiger partial charge on any atom is -0.366 e. The standard InChI is InChI=1S/C16H12Cl3NO/c17-11-2-1-10(14(19)7-11)9-20-6-5-16(21)13-4-3-12(18)8-15(13)20/h1-4,7-8H,5-6,9H2. The highest BCUT2D eigenvalue weighted by molar-refractivity contribution is 6.35. The van der Waals surface area contributed by atoms with Crippen LogP contribution in [0.2, 0.25) is 15.1 Å². The summed E-state index contributed by atoms with van der Waals surface area (Å²) in [4.78, 5) is 14.1. The van der Waals surface area contributed by atoms with Gasteiger partial charge in [0.25, 0.3) is 0 Å². The highest BCUT2D eigenvalue weighted by Crippen LogP contribution is 2.32. The summed E-state index contributed by atoms with van der Waals surface area (Å²) in [6.07, 6.45) is 0.500. The molecule has 1 heterocycles. The zero-order chi connectivity index (χ0) is 15.0. The number of ketones is 1. The first-order valence-electron chi connectivity index (χ1n) is 6.56. The molecule has 0 atom stereocenters. The molecule has 0 saturated heterocycles. The van der Waals surface area contributed by atoms with Crippen LogP contribution in [0.25, 0.3) is 0 Å². The number of halogens is 3. The van der Waals surface area contributed by atoms with Crippen LogP contribution in [0.3, 0.4) is 0 Å². The van der Waals surface area contributed by atoms with Gasteiger partial charge in [-0.15, -0.1) is 0 Å². The second-order valence-electron chi connectivity index (χ2n) is 4.99. The van der Waals surface area contributed by atoms with Crippen LogP contribution in [0.15, 0.2) is 36.4 Å². The van der Waals surface area contributed by atoms with Gasteiger partial charge in [-0.1, -0.05) is 40.9 Å². The minimum absolute atomic E-state index is 0.153. The molecular weight excluding hydrogens is 329 g/mol. The summed E-state index contributed by atoms with van der Waals surface area (Å²) in [6.45, 7) is 1.28. The van der Waals surface area contributed by atoms with E-state index in [-0.39, 0.29) is 5.78 Å². The lowest BCUT2D eigenvalue weighted by molar-refractivity contribution is 0.0979. The largest absolute Gasteiger partial charge is 0.366 e. The monoisotopic (exact) mass is 339 g/mol. The Morgan fingerprint density at radius 2 is 1.71 bits per heavy atom. The van der Waals surface area contributed by atoms with E-state index in [4.69, 9.17) is 34.8 Å². The van der Waals surface area contributed by atoms with Gasteiger partial charge in [0, 0.05) is 45.8 Å². The third kappa shape index (κ3) is 3.03. The molecule has 0 N–H and O–H groups in total. The van der Waals surface area contributed by atoms with E-state index in [2.05, 4.69) is 4.90 Å². The van der Waals surface area contributed by atoms with Crippen molar-refractivity contribution < 1.29 is 4.79 Å². The van der Waals surface area contributed by atoms with E-state index >= 15 is 0 Å². The lowest BCUT2D eigenvalue weighted by Crippen LogP contribution is -2.31. The summed E-state index contributed by atoms with van der Waals surface area (Å²) < 4.78 is 0. The van der Waals surface area contributed by atoms with Crippen LogP contribution in [0.5, 0.6) is 0 Å². The molecule has 2 aromatic rings. The van der Waals surface area contributed by atoms with Crippen LogP contribution >= 0.6 is 34.8 Å². The zero-order valence-electron chi connectivity index (χ0n) is 11.1. The number of carbonyl (C=O) groups excluding carboxylic acids is 1. The fraction of sp³-hybridized carbons (Fsp3) is 0.188. The fourth-order valence-electron chi connectivity index (χ4n) is 2.51. The number of carbonyl (C=O) groups is 1. The zero-order valence-corrected chi connectivity index (χ0v) is 13.3. The molecule has 0 spiro atoms. The molecule has 2 aromatic carbocycles. The van der Waals surface area contributed by atoms with Gasteiger partial charge >= 0.3 is 0 Å². The molecule has 5 heteroatoms. The molecule has 2 nitrogen and oxygen atoms in total. The second-order valence-corrected chi connectivity index (χ2v) is 6.27. The summed E-state index contributed by atoms with van der Waals surface area (Å²) in [7, 11) is 0. The predicted molar refractivity (Wildman–Crippen MR) is 87.9 cm³/mol. The number of rotatable bonds is 2. The summed E-state index contributed by atoms with van der Waals surface area (Å²) in [5.74, 6) is 0.153. The SMILES string of the molecule is O=C1CCN(Cc2ccc(Cl)cc2Cl)c2cc(Cl)ccc21. The van der Waals surface area contributed by atoms with Crippen LogP contribution in [0.1, 0.15) is 22.3 Å². The van der Waals surface area contributed by atoms with Gasteiger partial charge in [-0.3, -0.25) is 4.79 Å². The Balaban J connectivity index is 1.95. The second kappa shape index (κ2) is 5.88. The molecule has 21 heavy (non-hydrogen) atoms. The molecule has 0 saturated carbocycles. The van der Waals surface area contributed by atoms with Crippen LogP contribution in [-0.2, 0) is 6.54 Å². The molecule has 3 rings (SSSR count). The molecule has 0 bridgehead atoms. The Morgan fingerprint density at radius 3 is 2.48 bits per heavy atom. The molecule has 0 aliphatic carbocycles. The van der Waals surface area contributed by atoms with Crippen LogP contribution in [-0.4, -0.2) is 12.3 Å². The number of benzene rings is 2. The third-order valence-corrected chi connectivity index (χ3v) is 4.41. The molecule has 0 amide bonds. The molecule has 0 unspecified atom stereocenters. The van der Waals surface area contributed by atoms with Crippen molar-refractivity contribution in [3.63, 3.8) is 0 Å². The summed E-state index contributed by atoms with van der Waals surface area (Å²) >= 11 is 18.2. The quantitative estimate of drug-likeness (QED) is 0.745. The Bertz CT molecular complexity index is 715. The molecule has 1 aliphatic rings. The highest BCUT2D eigenvalue weighted by Gasteiger charge is 2.23. The van der Waals surface area contributed by atoms with E-state index < -0.39 is 0 Å². The van der Waals surface area contributed by atoms with Crippen LogP contribution < -0.4 is 4.90 Å². The Morgan fingerprint density at radius 1 is 1.00 bits per heavy atom. The molecule has 1 aliphatic heterocycles. The maximum Gasteiger partial charge on any atom is 0.166 e. The molecule has 0 aromatic heterocycles. The number of hydrogen-bond donors (Lipinski definition) is 0. The van der Waals surface area contributed by atoms with Crippen molar-refractivity contribution in [1.82, 2.24) is 0 Å². The van der Waals surface area contributed by atoms with Crippen molar-refractivity contribution in [2.24, 2.45) is 0 Å². The number of nitrogens with zero attached hydrogens (tertiary/aromatic N) is 1. The van der Waals surface area contributed by atoms with Gasteiger partial charge in [-0.2, -0.15) is 0 Å². The highest BCUT2D eigenvalue weighted by atomic mass is 35.5. The van der Waals surface area contributed by atoms with E-state index in [1.807, 2.05) is 18.2 Å². The van der Waals surface area contributed by atoms with Gasteiger partial charge in [0.15, 0.2) is 5.78 Å². The maximum atomic E-state index is 12.0. The summed E-state index contributed by atoms with van der Waals surface area (Å²) in [5, 5.41) is 1.86. The van der Waals surface area contributed by atoms with Crippen molar-refractivity contribution >= 4 is 46.3 Å². The van der Waals surface area contributed by atoms with E-state index in [1.54, 1.807) is 18.2 Å². The van der Waals surface area contributed by atoms with Crippen molar-refractivity contribution in [3.05, 3.63) is 62.6 Å². The predicted octanol–water partition coefficient (Wildman–Crippen LogP) is 5.24. The van der Waals surface area contributed by atoms with Crippen LogP contribution in [0, 0.1) is 0 Å². The minimum atomic E-state index is 0.153. The first-order valence-corrected chi connectivity index (χ1v) is 7.69. The van der Waals surface area contributed by atoms with E-state index in [9.17, 15) is 4.79 Å². The summed E-state index contributed by atoms with van der Waals surface area (Å²) in [5.41, 5.74) is 2.56. The van der Waals surface area contributed by atoms with Gasteiger partial charge in [-0.05, 0) is 35.9 Å². The third-order valence-electron chi connectivity index (χ3n) is 3.59. The van der Waals surface area contributed by atoms with Gasteiger partial charge in [0.1, 0.15) is 0 Å². The number of Topliss-reactive ketones (excluding diaryl/α,β-unsaturated/α-hetero) is 1. The Hall–Kier alpha value is -1.22.